The number of carbonyl (C=O) groups excluding carboxylic acids is 1. The van der Waals surface area contributed by atoms with E-state index in [0.29, 0.717) is 11.8 Å². The van der Waals surface area contributed by atoms with Crippen molar-refractivity contribution in [1.29, 1.82) is 0 Å². The molecule has 2 heterocycles. The van der Waals surface area contributed by atoms with Crippen LogP contribution in [0.5, 0.6) is 11.5 Å². The molecule has 1 aromatic carbocycles. The van der Waals surface area contributed by atoms with Crippen LogP contribution in [-0.4, -0.2) is 59.5 Å². The lowest BCUT2D eigenvalue weighted by Crippen LogP contribution is -2.82. The first-order valence-electron chi connectivity index (χ1n) is 14.9. The summed E-state index contributed by atoms with van der Waals surface area (Å²) in [4.78, 5) is 15.6. The molecule has 2 aliphatic heterocycles. The Bertz CT molecular complexity index is 1270. The standard InChI is InChI=1S/C33H43NO5/c1-20(2)7-6-8-26(35)38-23-12-11-22-17-25-31-13-14-33(37-5,24(18-31)30(3,4)36)29-32(31,27(22)28(23)39-29)15-16-34(25)19-21-9-10-21/h6-8,11-12,21,24-25,29,36H,9-10,13-19H2,1-5H3/b8-6+/t24-,25-,29-,31+,32+,33+/m1/s1. The Kier molecular flexibility index (Phi) is 5.58. The summed E-state index contributed by atoms with van der Waals surface area (Å²) in [7, 11) is 1.80. The van der Waals surface area contributed by atoms with Gasteiger partial charge in [-0.3, -0.25) is 4.90 Å². The van der Waals surface area contributed by atoms with Crippen molar-refractivity contribution in [3.8, 4) is 11.5 Å². The zero-order valence-corrected chi connectivity index (χ0v) is 24.1. The van der Waals surface area contributed by atoms with E-state index in [1.807, 2.05) is 39.8 Å². The lowest BCUT2D eigenvalue weighted by Gasteiger charge is -2.75. The molecule has 0 aromatic heterocycles. The maximum Gasteiger partial charge on any atom is 0.336 e. The molecule has 0 amide bonds. The Hall–Kier alpha value is -2.15. The monoisotopic (exact) mass is 533 g/mol. The van der Waals surface area contributed by atoms with Crippen LogP contribution in [0.25, 0.3) is 0 Å². The molecule has 1 aromatic rings. The van der Waals surface area contributed by atoms with E-state index in [0.717, 1.165) is 55.9 Å². The summed E-state index contributed by atoms with van der Waals surface area (Å²) in [5, 5.41) is 11.6. The Morgan fingerprint density at radius 1 is 1.23 bits per heavy atom. The number of methoxy groups -OCH3 is 1. The fourth-order valence-corrected chi connectivity index (χ4v) is 9.76. The van der Waals surface area contributed by atoms with Gasteiger partial charge in [0.15, 0.2) is 11.5 Å². The van der Waals surface area contributed by atoms with Crippen LogP contribution in [0, 0.1) is 17.3 Å². The second-order valence-corrected chi connectivity index (χ2v) is 14.1. The number of hydrogen-bond acceptors (Lipinski definition) is 6. The SMILES string of the molecule is CO[C@@]12CC[C@]3(C[C@@H]1C(C)(C)O)[C@H]1Cc4ccc(OC(=O)/C=C/C=C(C)C)c5c4[C@@]3(CCN1CC1CC1)[C@H]2O5. The van der Waals surface area contributed by atoms with Crippen LogP contribution in [0.15, 0.2) is 35.9 Å². The average molecular weight is 534 g/mol. The van der Waals surface area contributed by atoms with Crippen molar-refractivity contribution in [3.63, 3.8) is 0 Å². The van der Waals surface area contributed by atoms with E-state index >= 15 is 0 Å². The van der Waals surface area contributed by atoms with E-state index in [4.69, 9.17) is 14.2 Å². The van der Waals surface area contributed by atoms with Crippen LogP contribution < -0.4 is 9.47 Å². The molecule has 4 saturated carbocycles. The Morgan fingerprint density at radius 2 is 2.03 bits per heavy atom. The molecule has 2 spiro atoms. The maximum absolute atomic E-state index is 12.8. The van der Waals surface area contributed by atoms with Crippen LogP contribution in [0.2, 0.25) is 0 Å². The zero-order chi connectivity index (χ0) is 27.4. The van der Waals surface area contributed by atoms with Crippen LogP contribution in [0.1, 0.15) is 77.3 Å². The van der Waals surface area contributed by atoms with E-state index in [-0.39, 0.29) is 22.9 Å². The van der Waals surface area contributed by atoms with Crippen LogP contribution in [0.3, 0.4) is 0 Å². The van der Waals surface area contributed by atoms with Crippen LogP contribution >= 0.6 is 0 Å². The largest absolute Gasteiger partial charge is 0.482 e. The second kappa shape index (κ2) is 8.43. The quantitative estimate of drug-likeness (QED) is 0.227. The van der Waals surface area contributed by atoms with Crippen molar-refractivity contribution < 1.29 is 24.1 Å². The summed E-state index contributed by atoms with van der Waals surface area (Å²) in [6.07, 6.45) is 12.5. The summed E-state index contributed by atoms with van der Waals surface area (Å²) in [5.74, 6) is 1.63. The molecule has 6 nitrogen and oxygen atoms in total. The number of carbonyl (C=O) groups is 1. The number of piperidine rings is 1. The Labute approximate surface area is 232 Å². The molecule has 0 radical (unpaired) electrons. The molecule has 6 heteroatoms. The van der Waals surface area contributed by atoms with Gasteiger partial charge in [-0.1, -0.05) is 23.8 Å². The number of likely N-dealkylation sites (tertiary alicyclic amines) is 1. The smallest absolute Gasteiger partial charge is 0.336 e. The topological polar surface area (TPSA) is 68.2 Å². The first-order valence-corrected chi connectivity index (χ1v) is 14.9. The third kappa shape index (κ3) is 3.40. The number of esters is 1. The number of aliphatic hydroxyl groups is 1. The minimum absolute atomic E-state index is 0.0000141. The summed E-state index contributed by atoms with van der Waals surface area (Å²) in [5.41, 5.74) is 2.03. The van der Waals surface area contributed by atoms with E-state index in [9.17, 15) is 9.90 Å². The predicted octanol–water partition coefficient (Wildman–Crippen LogP) is 5.11. The molecule has 210 valence electrons. The molecule has 6 atom stereocenters. The van der Waals surface area contributed by atoms with Gasteiger partial charge in [-0.2, -0.15) is 0 Å². The van der Waals surface area contributed by atoms with Gasteiger partial charge < -0.3 is 19.3 Å². The first-order chi connectivity index (χ1) is 18.6. The number of rotatable bonds is 7. The van der Waals surface area contributed by atoms with Crippen molar-refractivity contribution in [1.82, 2.24) is 4.90 Å². The highest BCUT2D eigenvalue weighted by Crippen LogP contribution is 2.77. The van der Waals surface area contributed by atoms with Gasteiger partial charge >= 0.3 is 5.97 Å². The number of allylic oxidation sites excluding steroid dienone is 3. The van der Waals surface area contributed by atoms with Crippen LogP contribution in [-0.2, 0) is 21.4 Å². The summed E-state index contributed by atoms with van der Waals surface area (Å²) in [6, 6.07) is 4.55. The van der Waals surface area contributed by atoms with Crippen LogP contribution in [0.4, 0.5) is 0 Å². The number of nitrogens with zero attached hydrogens (tertiary/aromatic N) is 1. The van der Waals surface area contributed by atoms with E-state index in [1.54, 1.807) is 13.2 Å². The average Bonchev–Trinajstić information content (AvgIpc) is 3.62. The van der Waals surface area contributed by atoms with E-state index < -0.39 is 17.2 Å². The normalized spacial score (nSPS) is 37.9. The molecule has 4 bridgehead atoms. The molecule has 7 aliphatic rings. The number of ether oxygens (including phenoxy) is 3. The first kappa shape index (κ1) is 25.8. The van der Waals surface area contributed by atoms with Crippen molar-refractivity contribution in [2.24, 2.45) is 17.3 Å². The van der Waals surface area contributed by atoms with Gasteiger partial charge in [0.1, 0.15) is 11.7 Å². The van der Waals surface area contributed by atoms with Gasteiger partial charge in [0.2, 0.25) is 0 Å². The Morgan fingerprint density at radius 3 is 2.72 bits per heavy atom. The molecule has 0 unspecified atom stereocenters. The fourth-order valence-electron chi connectivity index (χ4n) is 9.76. The molecular weight excluding hydrogens is 490 g/mol. The van der Waals surface area contributed by atoms with Gasteiger partial charge in [-0.05, 0) is 96.7 Å². The molecule has 5 fully saturated rings. The predicted molar refractivity (Wildman–Crippen MR) is 149 cm³/mol. The number of benzene rings is 1. The third-order valence-electron chi connectivity index (χ3n) is 11.4. The molecule has 1 saturated heterocycles. The highest BCUT2D eigenvalue weighted by atomic mass is 16.6. The van der Waals surface area contributed by atoms with Crippen molar-refractivity contribution in [3.05, 3.63) is 47.1 Å². The number of hydrogen-bond donors (Lipinski definition) is 1. The molecule has 5 aliphatic carbocycles. The lowest BCUT2D eigenvalue weighted by atomic mass is 9.34. The van der Waals surface area contributed by atoms with Gasteiger partial charge in [0.25, 0.3) is 0 Å². The molecule has 39 heavy (non-hydrogen) atoms. The molecule has 1 N–H and O–H groups in total. The highest BCUT2D eigenvalue weighted by Gasteiger charge is 2.81. The summed E-state index contributed by atoms with van der Waals surface area (Å²) >= 11 is 0. The minimum atomic E-state index is -0.899. The maximum atomic E-state index is 12.8. The van der Waals surface area contributed by atoms with Gasteiger partial charge in [-0.25, -0.2) is 4.79 Å². The summed E-state index contributed by atoms with van der Waals surface area (Å²) < 4.78 is 19.5. The van der Waals surface area contributed by atoms with E-state index in [2.05, 4.69) is 11.0 Å². The third-order valence-corrected chi connectivity index (χ3v) is 11.4. The lowest BCUT2D eigenvalue weighted by molar-refractivity contribution is -0.300. The van der Waals surface area contributed by atoms with Gasteiger partial charge in [0.05, 0.1) is 5.60 Å². The van der Waals surface area contributed by atoms with E-state index in [1.165, 1.54) is 36.6 Å². The molecular formula is C33H43NO5. The molecule has 8 rings (SSSR count). The van der Waals surface area contributed by atoms with Crippen molar-refractivity contribution in [2.45, 2.75) is 101 Å². The second-order valence-electron chi connectivity index (χ2n) is 14.1. The highest BCUT2D eigenvalue weighted by molar-refractivity contribution is 5.85. The van der Waals surface area contributed by atoms with Gasteiger partial charge in [-0.15, -0.1) is 0 Å². The fraction of sp³-hybridized carbons (Fsp3) is 0.667. The van der Waals surface area contributed by atoms with Crippen molar-refractivity contribution in [2.75, 3.05) is 20.2 Å². The minimum Gasteiger partial charge on any atom is -0.482 e. The van der Waals surface area contributed by atoms with Crippen molar-refractivity contribution >= 4 is 5.97 Å². The van der Waals surface area contributed by atoms with Gasteiger partial charge in [0, 0.05) is 48.1 Å². The summed E-state index contributed by atoms with van der Waals surface area (Å²) in [6.45, 7) is 10.1. The number of fused-ring (bicyclic) bond motifs is 2. The Balaban J connectivity index is 1.37. The zero-order valence-electron chi connectivity index (χ0n) is 24.1.